The molecule has 4 heteroatoms. The number of nitrogens with one attached hydrogen (secondary N) is 2. The van der Waals surface area contributed by atoms with Crippen LogP contribution in [0.3, 0.4) is 0 Å². The van der Waals surface area contributed by atoms with E-state index in [4.69, 9.17) is 4.74 Å². The van der Waals surface area contributed by atoms with E-state index in [9.17, 15) is 4.79 Å². The number of urea groups is 1. The van der Waals surface area contributed by atoms with Crippen LogP contribution in [0.4, 0.5) is 10.5 Å². The van der Waals surface area contributed by atoms with Crippen LogP contribution in [0.5, 0.6) is 5.75 Å². The van der Waals surface area contributed by atoms with Crippen molar-refractivity contribution < 1.29 is 9.53 Å². The van der Waals surface area contributed by atoms with E-state index in [0.29, 0.717) is 12.0 Å². The van der Waals surface area contributed by atoms with Crippen molar-refractivity contribution in [3.8, 4) is 5.75 Å². The molecule has 0 bridgehead atoms. The first-order valence-electron chi connectivity index (χ1n) is 7.32. The first-order chi connectivity index (χ1) is 9.60. The number of carbonyl (C=O) groups is 1. The fourth-order valence-corrected chi connectivity index (χ4v) is 2.82. The topological polar surface area (TPSA) is 50.4 Å². The average molecular weight is 276 g/mol. The van der Waals surface area contributed by atoms with Gasteiger partial charge in [-0.1, -0.05) is 19.8 Å². The van der Waals surface area contributed by atoms with E-state index >= 15 is 0 Å². The number of carbonyl (C=O) groups excluding carboxylic acids is 1. The maximum absolute atomic E-state index is 12.0. The van der Waals surface area contributed by atoms with Crippen LogP contribution in [-0.2, 0) is 0 Å². The molecule has 0 spiro atoms. The Hall–Kier alpha value is -1.71. The Bertz CT molecular complexity index is 474. The first-order valence-corrected chi connectivity index (χ1v) is 7.32. The van der Waals surface area contributed by atoms with Crippen LogP contribution in [0.1, 0.15) is 38.2 Å². The van der Waals surface area contributed by atoms with Gasteiger partial charge in [0.05, 0.1) is 7.11 Å². The van der Waals surface area contributed by atoms with Crippen molar-refractivity contribution in [1.82, 2.24) is 5.32 Å². The third-order valence-electron chi connectivity index (χ3n) is 4.08. The normalized spacial score (nSPS) is 22.1. The zero-order chi connectivity index (χ0) is 14.5. The maximum Gasteiger partial charge on any atom is 0.319 e. The number of rotatable bonds is 3. The summed E-state index contributed by atoms with van der Waals surface area (Å²) in [4.78, 5) is 12.0. The molecule has 0 aliphatic heterocycles. The van der Waals surface area contributed by atoms with Gasteiger partial charge >= 0.3 is 6.03 Å². The smallest absolute Gasteiger partial charge is 0.319 e. The lowest BCUT2D eigenvalue weighted by atomic mass is 9.86. The molecular formula is C16H24N2O2. The molecule has 2 atom stereocenters. The van der Waals surface area contributed by atoms with Crippen molar-refractivity contribution >= 4 is 11.7 Å². The molecule has 4 nitrogen and oxygen atoms in total. The predicted octanol–water partition coefficient (Wildman–Crippen LogP) is 3.70. The van der Waals surface area contributed by atoms with Crippen molar-refractivity contribution in [2.24, 2.45) is 5.92 Å². The molecule has 2 rings (SSSR count). The highest BCUT2D eigenvalue weighted by atomic mass is 16.5. The molecule has 1 aromatic rings. The van der Waals surface area contributed by atoms with E-state index in [1.54, 1.807) is 7.11 Å². The molecule has 1 aliphatic rings. The van der Waals surface area contributed by atoms with Gasteiger partial charge < -0.3 is 15.4 Å². The molecule has 2 unspecified atom stereocenters. The van der Waals surface area contributed by atoms with Crippen molar-refractivity contribution in [1.29, 1.82) is 0 Å². The van der Waals surface area contributed by atoms with Crippen molar-refractivity contribution in [2.75, 3.05) is 12.4 Å². The molecule has 110 valence electrons. The highest BCUT2D eigenvalue weighted by molar-refractivity contribution is 5.89. The summed E-state index contributed by atoms with van der Waals surface area (Å²) < 4.78 is 5.21. The molecule has 20 heavy (non-hydrogen) atoms. The summed E-state index contributed by atoms with van der Waals surface area (Å²) in [6.07, 6.45) is 4.76. The highest BCUT2D eigenvalue weighted by Gasteiger charge is 2.22. The summed E-state index contributed by atoms with van der Waals surface area (Å²) in [6, 6.07) is 5.82. The van der Waals surface area contributed by atoms with Crippen molar-refractivity contribution in [3.63, 3.8) is 0 Å². The minimum Gasteiger partial charge on any atom is -0.496 e. The Morgan fingerprint density at radius 1 is 1.30 bits per heavy atom. The molecular weight excluding hydrogens is 252 g/mol. The van der Waals surface area contributed by atoms with E-state index < -0.39 is 0 Å². The van der Waals surface area contributed by atoms with Gasteiger partial charge in [-0.3, -0.25) is 0 Å². The fourth-order valence-electron chi connectivity index (χ4n) is 2.82. The van der Waals surface area contributed by atoms with E-state index in [1.165, 1.54) is 19.3 Å². The fraction of sp³-hybridized carbons (Fsp3) is 0.562. The molecule has 1 aromatic carbocycles. The summed E-state index contributed by atoms with van der Waals surface area (Å²) in [5, 5.41) is 5.98. The van der Waals surface area contributed by atoms with Gasteiger partial charge in [-0.25, -0.2) is 4.79 Å². The van der Waals surface area contributed by atoms with Crippen molar-refractivity contribution in [3.05, 3.63) is 23.8 Å². The van der Waals surface area contributed by atoms with Gasteiger partial charge in [0, 0.05) is 11.7 Å². The SMILES string of the molecule is COc1ccc(NC(=O)NC2CCCCC2C)cc1C. The Kier molecular flexibility index (Phi) is 4.88. The van der Waals surface area contributed by atoms with Crippen LogP contribution < -0.4 is 15.4 Å². The third kappa shape index (κ3) is 3.65. The second kappa shape index (κ2) is 6.64. The van der Waals surface area contributed by atoms with Crippen LogP contribution in [0, 0.1) is 12.8 Å². The zero-order valence-electron chi connectivity index (χ0n) is 12.5. The number of anilines is 1. The largest absolute Gasteiger partial charge is 0.496 e. The van der Waals surface area contributed by atoms with Gasteiger partial charge in [-0.15, -0.1) is 0 Å². The zero-order valence-corrected chi connectivity index (χ0v) is 12.5. The first kappa shape index (κ1) is 14.7. The van der Waals surface area contributed by atoms with Crippen LogP contribution in [0.15, 0.2) is 18.2 Å². The number of benzene rings is 1. The number of hydrogen-bond acceptors (Lipinski definition) is 2. The van der Waals surface area contributed by atoms with Gasteiger partial charge in [0.15, 0.2) is 0 Å². The van der Waals surface area contributed by atoms with E-state index in [0.717, 1.165) is 23.4 Å². The number of aryl methyl sites for hydroxylation is 1. The monoisotopic (exact) mass is 276 g/mol. The Morgan fingerprint density at radius 3 is 2.70 bits per heavy atom. The molecule has 0 heterocycles. The summed E-state index contributed by atoms with van der Waals surface area (Å²) in [7, 11) is 1.65. The predicted molar refractivity (Wildman–Crippen MR) is 81.3 cm³/mol. The second-order valence-electron chi connectivity index (χ2n) is 5.65. The number of ether oxygens (including phenoxy) is 1. The molecule has 0 radical (unpaired) electrons. The minimum atomic E-state index is -0.117. The van der Waals surface area contributed by atoms with Crippen LogP contribution >= 0.6 is 0 Å². The van der Waals surface area contributed by atoms with Gasteiger partial charge in [0.1, 0.15) is 5.75 Å². The van der Waals surface area contributed by atoms with Crippen LogP contribution in [-0.4, -0.2) is 19.2 Å². The maximum atomic E-state index is 12.0. The summed E-state index contributed by atoms with van der Waals surface area (Å²) in [6.45, 7) is 4.17. The van der Waals surface area contributed by atoms with Crippen molar-refractivity contribution in [2.45, 2.75) is 45.6 Å². The highest BCUT2D eigenvalue weighted by Crippen LogP contribution is 2.24. The lowest BCUT2D eigenvalue weighted by molar-refractivity contribution is 0.232. The van der Waals surface area contributed by atoms with E-state index in [2.05, 4.69) is 17.6 Å². The summed E-state index contributed by atoms with van der Waals surface area (Å²) in [5.41, 5.74) is 1.81. The molecule has 2 N–H and O–H groups in total. The third-order valence-corrected chi connectivity index (χ3v) is 4.08. The Labute approximate surface area is 120 Å². The molecule has 2 amide bonds. The molecule has 0 saturated heterocycles. The lowest BCUT2D eigenvalue weighted by Gasteiger charge is -2.29. The standard InChI is InChI=1S/C16H24N2O2/c1-11-6-4-5-7-14(11)18-16(19)17-13-8-9-15(20-3)12(2)10-13/h8-11,14H,4-7H2,1-3H3,(H2,17,18,19). The Balaban J connectivity index is 1.92. The number of methoxy groups -OCH3 is 1. The van der Waals surface area contributed by atoms with E-state index in [1.807, 2.05) is 25.1 Å². The van der Waals surface area contributed by atoms with Gasteiger partial charge in [-0.05, 0) is 49.4 Å². The van der Waals surface area contributed by atoms with Crippen LogP contribution in [0.25, 0.3) is 0 Å². The Morgan fingerprint density at radius 2 is 2.05 bits per heavy atom. The lowest BCUT2D eigenvalue weighted by Crippen LogP contribution is -2.43. The molecule has 1 saturated carbocycles. The second-order valence-corrected chi connectivity index (χ2v) is 5.65. The minimum absolute atomic E-state index is 0.117. The average Bonchev–Trinajstić information content (AvgIpc) is 2.41. The molecule has 0 aromatic heterocycles. The number of hydrogen-bond donors (Lipinski definition) is 2. The van der Waals surface area contributed by atoms with E-state index in [-0.39, 0.29) is 6.03 Å². The van der Waals surface area contributed by atoms with Crippen LogP contribution in [0.2, 0.25) is 0 Å². The quantitative estimate of drug-likeness (QED) is 0.884. The van der Waals surface area contributed by atoms with Gasteiger partial charge in [-0.2, -0.15) is 0 Å². The number of amides is 2. The van der Waals surface area contributed by atoms with Gasteiger partial charge in [0.25, 0.3) is 0 Å². The summed E-state index contributed by atoms with van der Waals surface area (Å²) >= 11 is 0. The van der Waals surface area contributed by atoms with Gasteiger partial charge in [0.2, 0.25) is 0 Å². The summed E-state index contributed by atoms with van der Waals surface area (Å²) in [5.74, 6) is 1.39. The molecule has 1 fully saturated rings. The molecule has 1 aliphatic carbocycles.